The zero-order valence-electron chi connectivity index (χ0n) is 17.9. The van der Waals surface area contributed by atoms with Crippen molar-refractivity contribution >= 4 is 29.2 Å². The van der Waals surface area contributed by atoms with Crippen LogP contribution >= 0.6 is 0 Å². The number of hydrogen-bond donors (Lipinski definition) is 2. The van der Waals surface area contributed by atoms with Crippen LogP contribution in [0.4, 0.5) is 5.69 Å². The third-order valence-electron chi connectivity index (χ3n) is 6.25. The van der Waals surface area contributed by atoms with Gasteiger partial charge in [0.15, 0.2) is 0 Å². The lowest BCUT2D eigenvalue weighted by Gasteiger charge is -2.31. The van der Waals surface area contributed by atoms with Crippen molar-refractivity contribution in [2.24, 2.45) is 0 Å². The Hall–Kier alpha value is -3.64. The highest BCUT2D eigenvalue weighted by molar-refractivity contribution is 6.34. The number of amides is 2. The molecule has 6 heteroatoms. The highest BCUT2D eigenvalue weighted by atomic mass is 16.3. The molecule has 2 aromatic carbocycles. The van der Waals surface area contributed by atoms with Crippen LogP contribution in [0.15, 0.2) is 65.3 Å². The molecule has 2 amide bonds. The van der Waals surface area contributed by atoms with E-state index in [1.165, 1.54) is 0 Å². The molecule has 0 radical (unpaired) electrons. The highest BCUT2D eigenvalue weighted by Crippen LogP contribution is 2.33. The molecule has 3 aromatic rings. The quantitative estimate of drug-likeness (QED) is 0.610. The lowest BCUT2D eigenvalue weighted by molar-refractivity contribution is -0.110. The number of nitrogens with one attached hydrogen (secondary N) is 2. The largest absolute Gasteiger partial charge is 0.464 e. The summed E-state index contributed by atoms with van der Waals surface area (Å²) in [7, 11) is 1.97. The predicted octanol–water partition coefficient (Wildman–Crippen LogP) is 4.26. The molecule has 0 aliphatic carbocycles. The van der Waals surface area contributed by atoms with Crippen molar-refractivity contribution < 1.29 is 14.0 Å². The highest BCUT2D eigenvalue weighted by Gasteiger charge is 2.25. The van der Waals surface area contributed by atoms with Crippen LogP contribution < -0.4 is 10.6 Å². The Balaban J connectivity index is 1.36. The number of carbonyl (C=O) groups is 2. The van der Waals surface area contributed by atoms with E-state index in [9.17, 15) is 9.59 Å². The summed E-state index contributed by atoms with van der Waals surface area (Å²) < 4.78 is 5.73. The molecule has 0 unspecified atom stereocenters. The minimum absolute atomic E-state index is 0.0615. The first-order valence-corrected chi connectivity index (χ1v) is 10.9. The van der Waals surface area contributed by atoms with E-state index < -0.39 is 0 Å². The molecule has 32 heavy (non-hydrogen) atoms. The van der Waals surface area contributed by atoms with Crippen molar-refractivity contribution in [1.82, 2.24) is 10.2 Å². The second kappa shape index (κ2) is 8.48. The summed E-state index contributed by atoms with van der Waals surface area (Å²) in [6, 6.07) is 17.6. The molecule has 0 bridgehead atoms. The zero-order valence-corrected chi connectivity index (χ0v) is 17.9. The second-order valence-corrected chi connectivity index (χ2v) is 8.23. The Kier molecular flexibility index (Phi) is 5.37. The van der Waals surface area contributed by atoms with E-state index >= 15 is 0 Å². The summed E-state index contributed by atoms with van der Waals surface area (Å²) in [6.45, 7) is 1.53. The minimum Gasteiger partial charge on any atom is -0.464 e. The molecule has 1 aromatic heterocycles. The summed E-state index contributed by atoms with van der Waals surface area (Å²) in [5.74, 6) is 0.512. The zero-order chi connectivity index (χ0) is 22.1. The lowest BCUT2D eigenvalue weighted by Crippen LogP contribution is -2.43. The van der Waals surface area contributed by atoms with Crippen LogP contribution in [-0.2, 0) is 4.79 Å². The van der Waals surface area contributed by atoms with Crippen LogP contribution in [0, 0.1) is 0 Å². The molecule has 0 spiro atoms. The van der Waals surface area contributed by atoms with Crippen LogP contribution in [0.2, 0.25) is 0 Å². The average molecular weight is 428 g/mol. The van der Waals surface area contributed by atoms with E-state index in [0.717, 1.165) is 48.3 Å². The molecule has 2 aliphatic rings. The van der Waals surface area contributed by atoms with Crippen molar-refractivity contribution in [1.29, 1.82) is 0 Å². The van der Waals surface area contributed by atoms with Gasteiger partial charge in [-0.2, -0.15) is 0 Å². The molecule has 0 saturated carbocycles. The standard InChI is InChI=1S/C26H25N3O3/c1-27-20-9-11-29(12-10-20)26(31)18-6-4-5-17(13-18)19-14-21(32-16-19)15-23-22-7-2-3-8-24(22)28-25(23)30/h2-8,13-16,20,27H,9-12H2,1H3,(H,28,30)/b23-15+. The maximum absolute atomic E-state index is 13.0. The van der Waals surface area contributed by atoms with Crippen molar-refractivity contribution in [2.45, 2.75) is 18.9 Å². The molecular formula is C26H25N3O3. The smallest absolute Gasteiger partial charge is 0.256 e. The van der Waals surface area contributed by atoms with E-state index in [0.29, 0.717) is 22.9 Å². The molecule has 3 heterocycles. The Morgan fingerprint density at radius 1 is 1.09 bits per heavy atom. The van der Waals surface area contributed by atoms with Gasteiger partial charge >= 0.3 is 0 Å². The first-order chi connectivity index (χ1) is 15.6. The topological polar surface area (TPSA) is 74.6 Å². The van der Waals surface area contributed by atoms with Gasteiger partial charge in [-0.3, -0.25) is 9.59 Å². The summed E-state index contributed by atoms with van der Waals surface area (Å²) >= 11 is 0. The van der Waals surface area contributed by atoms with Gasteiger partial charge in [-0.25, -0.2) is 0 Å². The maximum Gasteiger partial charge on any atom is 0.256 e. The van der Waals surface area contributed by atoms with Crippen LogP contribution in [0.5, 0.6) is 0 Å². The number of piperidine rings is 1. The summed E-state index contributed by atoms with van der Waals surface area (Å²) in [6.07, 6.45) is 5.36. The van der Waals surface area contributed by atoms with Gasteiger partial charge < -0.3 is 20.0 Å². The predicted molar refractivity (Wildman–Crippen MR) is 125 cm³/mol. The molecule has 6 nitrogen and oxygen atoms in total. The summed E-state index contributed by atoms with van der Waals surface area (Å²) in [4.78, 5) is 27.3. The number of anilines is 1. The number of likely N-dealkylation sites (tertiary alicyclic amines) is 1. The van der Waals surface area contributed by atoms with Gasteiger partial charge in [0.2, 0.25) is 0 Å². The van der Waals surface area contributed by atoms with Gasteiger partial charge in [0.05, 0.1) is 11.8 Å². The van der Waals surface area contributed by atoms with Gasteiger partial charge in [0.25, 0.3) is 11.8 Å². The van der Waals surface area contributed by atoms with E-state index in [-0.39, 0.29) is 11.8 Å². The molecule has 1 saturated heterocycles. The Labute approximate surface area is 186 Å². The van der Waals surface area contributed by atoms with Crippen molar-refractivity contribution in [3.8, 4) is 11.1 Å². The number of hydrogen-bond acceptors (Lipinski definition) is 4. The van der Waals surface area contributed by atoms with Crippen LogP contribution in [-0.4, -0.2) is 42.9 Å². The third kappa shape index (κ3) is 3.85. The van der Waals surface area contributed by atoms with Crippen molar-refractivity contribution in [2.75, 3.05) is 25.5 Å². The second-order valence-electron chi connectivity index (χ2n) is 8.23. The van der Waals surface area contributed by atoms with Gasteiger partial charge in [-0.05, 0) is 55.8 Å². The average Bonchev–Trinajstić information content (AvgIpc) is 3.43. The minimum atomic E-state index is -0.140. The Morgan fingerprint density at radius 2 is 1.91 bits per heavy atom. The van der Waals surface area contributed by atoms with Crippen LogP contribution in [0.3, 0.4) is 0 Å². The molecule has 2 aliphatic heterocycles. The molecular weight excluding hydrogens is 402 g/mol. The Bertz CT molecular complexity index is 1200. The fourth-order valence-corrected chi connectivity index (χ4v) is 4.39. The fraction of sp³-hybridized carbons (Fsp3) is 0.231. The number of nitrogens with zero attached hydrogens (tertiary/aromatic N) is 1. The van der Waals surface area contributed by atoms with Gasteiger partial charge in [0, 0.05) is 41.5 Å². The third-order valence-corrected chi connectivity index (χ3v) is 6.25. The monoisotopic (exact) mass is 427 g/mol. The molecule has 162 valence electrons. The van der Waals surface area contributed by atoms with E-state index in [1.807, 2.05) is 66.5 Å². The lowest BCUT2D eigenvalue weighted by atomic mass is 10.0. The number of benzene rings is 2. The normalized spacial score (nSPS) is 17.5. The number of rotatable bonds is 4. The van der Waals surface area contributed by atoms with Gasteiger partial charge in [-0.15, -0.1) is 0 Å². The van der Waals surface area contributed by atoms with Crippen molar-refractivity contribution in [3.05, 3.63) is 77.7 Å². The van der Waals surface area contributed by atoms with Gasteiger partial charge in [-0.1, -0.05) is 30.3 Å². The molecule has 0 atom stereocenters. The summed E-state index contributed by atoms with van der Waals surface area (Å²) in [5.41, 5.74) is 4.70. The first kappa shape index (κ1) is 20.3. The van der Waals surface area contributed by atoms with Crippen molar-refractivity contribution in [3.63, 3.8) is 0 Å². The molecule has 5 rings (SSSR count). The van der Waals surface area contributed by atoms with Crippen LogP contribution in [0.1, 0.15) is 34.5 Å². The number of furan rings is 1. The SMILES string of the molecule is CNC1CCN(C(=O)c2cccc(-c3coc(/C=C4/C(=O)Nc5ccccc54)c3)c2)CC1. The van der Waals surface area contributed by atoms with Crippen LogP contribution in [0.25, 0.3) is 22.8 Å². The molecule has 1 fully saturated rings. The van der Waals surface area contributed by atoms with E-state index in [2.05, 4.69) is 10.6 Å². The van der Waals surface area contributed by atoms with E-state index in [4.69, 9.17) is 4.42 Å². The first-order valence-electron chi connectivity index (χ1n) is 10.9. The maximum atomic E-state index is 13.0. The molecule has 2 N–H and O–H groups in total. The Morgan fingerprint density at radius 3 is 2.72 bits per heavy atom. The fourth-order valence-electron chi connectivity index (χ4n) is 4.39. The number of fused-ring (bicyclic) bond motifs is 1. The number of para-hydroxylation sites is 1. The summed E-state index contributed by atoms with van der Waals surface area (Å²) in [5, 5.41) is 6.16. The van der Waals surface area contributed by atoms with Gasteiger partial charge in [0.1, 0.15) is 5.76 Å². The number of carbonyl (C=O) groups excluding carboxylic acids is 2. The van der Waals surface area contributed by atoms with E-state index in [1.54, 1.807) is 12.3 Å².